The van der Waals surface area contributed by atoms with Crippen molar-refractivity contribution >= 4 is 34.5 Å². The maximum atomic E-state index is 13.5. The highest BCUT2D eigenvalue weighted by Crippen LogP contribution is 2.50. The Balaban J connectivity index is 1.34. The molecule has 0 spiro atoms. The van der Waals surface area contributed by atoms with Gasteiger partial charge in [-0.2, -0.15) is 0 Å². The van der Waals surface area contributed by atoms with Crippen LogP contribution in [0.4, 0.5) is 5.95 Å². The summed E-state index contributed by atoms with van der Waals surface area (Å²) in [7, 11) is 0. The van der Waals surface area contributed by atoms with Crippen LogP contribution >= 0.6 is 11.6 Å². The number of carbonyl (C=O) groups is 1. The summed E-state index contributed by atoms with van der Waals surface area (Å²) < 4.78 is 7.68. The zero-order valence-corrected chi connectivity index (χ0v) is 16.3. The Hall–Kier alpha value is -3.12. The van der Waals surface area contributed by atoms with Crippen LogP contribution in [0.2, 0.25) is 5.02 Å². The van der Waals surface area contributed by atoms with E-state index in [1.54, 1.807) is 0 Å². The molecule has 0 bridgehead atoms. The zero-order chi connectivity index (χ0) is 19.6. The van der Waals surface area contributed by atoms with Gasteiger partial charge in [0.2, 0.25) is 11.9 Å². The fraction of sp³-hybridized carbons (Fsp3) is 0.227. The monoisotopic (exact) mass is 404 g/mol. The SMILES string of the molecule is O=C(N1CCn2c1nc1ccccc12)C1(c2cc(-c3ccc(Cl)cc3)on2)CC1. The number of imidazole rings is 1. The molecule has 0 N–H and O–H groups in total. The molecule has 0 unspecified atom stereocenters. The van der Waals surface area contributed by atoms with Crippen LogP contribution in [-0.2, 0) is 16.8 Å². The Kier molecular flexibility index (Phi) is 3.44. The number of hydrogen-bond donors (Lipinski definition) is 0. The largest absolute Gasteiger partial charge is 0.356 e. The highest BCUT2D eigenvalue weighted by molar-refractivity contribution is 6.30. The number of carbonyl (C=O) groups excluding carboxylic acids is 1. The summed E-state index contributed by atoms with van der Waals surface area (Å²) in [5.74, 6) is 1.43. The number of amides is 1. The van der Waals surface area contributed by atoms with Crippen molar-refractivity contribution < 1.29 is 9.32 Å². The predicted molar refractivity (Wildman–Crippen MR) is 110 cm³/mol. The quantitative estimate of drug-likeness (QED) is 0.507. The number of nitrogens with zero attached hydrogens (tertiary/aromatic N) is 4. The maximum absolute atomic E-state index is 13.5. The number of benzene rings is 2. The molecule has 6 rings (SSSR count). The third kappa shape index (κ3) is 2.45. The first kappa shape index (κ1) is 16.8. The van der Waals surface area contributed by atoms with Crippen LogP contribution in [0.3, 0.4) is 0 Å². The number of rotatable bonds is 3. The van der Waals surface area contributed by atoms with Crippen LogP contribution < -0.4 is 4.90 Å². The number of para-hydroxylation sites is 2. The summed E-state index contributed by atoms with van der Waals surface area (Å²) in [5.41, 5.74) is 2.95. The van der Waals surface area contributed by atoms with Gasteiger partial charge >= 0.3 is 0 Å². The molecule has 144 valence electrons. The Bertz CT molecular complexity index is 1250. The molecule has 1 fully saturated rings. The van der Waals surface area contributed by atoms with Crippen LogP contribution in [0, 0.1) is 0 Å². The Morgan fingerprint density at radius 2 is 1.86 bits per heavy atom. The summed E-state index contributed by atoms with van der Waals surface area (Å²) in [4.78, 5) is 20.0. The Morgan fingerprint density at radius 3 is 2.66 bits per heavy atom. The van der Waals surface area contributed by atoms with E-state index >= 15 is 0 Å². The van der Waals surface area contributed by atoms with Gasteiger partial charge in [0.25, 0.3) is 0 Å². The zero-order valence-electron chi connectivity index (χ0n) is 15.5. The van der Waals surface area contributed by atoms with Crippen LogP contribution in [0.25, 0.3) is 22.4 Å². The molecule has 1 saturated carbocycles. The molecule has 1 aliphatic carbocycles. The average Bonchev–Trinajstić information content (AvgIpc) is 3.08. The predicted octanol–water partition coefficient (Wildman–Crippen LogP) is 4.42. The number of aromatic nitrogens is 3. The number of fused-ring (bicyclic) bond motifs is 3. The minimum Gasteiger partial charge on any atom is -0.356 e. The van der Waals surface area contributed by atoms with E-state index in [0.717, 1.165) is 41.9 Å². The molecule has 3 heterocycles. The van der Waals surface area contributed by atoms with Crippen molar-refractivity contribution in [2.24, 2.45) is 0 Å². The van der Waals surface area contributed by atoms with Gasteiger partial charge < -0.3 is 9.09 Å². The van der Waals surface area contributed by atoms with Crippen molar-refractivity contribution in [2.45, 2.75) is 24.8 Å². The van der Waals surface area contributed by atoms with Crippen molar-refractivity contribution in [1.82, 2.24) is 14.7 Å². The third-order valence-electron chi connectivity index (χ3n) is 5.96. The summed E-state index contributed by atoms with van der Waals surface area (Å²) in [5, 5.41) is 4.92. The lowest BCUT2D eigenvalue weighted by atomic mass is 9.99. The molecule has 1 amide bonds. The number of hydrogen-bond acceptors (Lipinski definition) is 4. The first-order valence-corrected chi connectivity index (χ1v) is 10.0. The van der Waals surface area contributed by atoms with Crippen LogP contribution in [0.5, 0.6) is 0 Å². The van der Waals surface area contributed by atoms with Crippen molar-refractivity contribution in [3.8, 4) is 11.3 Å². The highest BCUT2D eigenvalue weighted by atomic mass is 35.5. The fourth-order valence-corrected chi connectivity index (χ4v) is 4.32. The Labute approximate surface area is 171 Å². The second-order valence-electron chi connectivity index (χ2n) is 7.67. The van der Waals surface area contributed by atoms with E-state index in [1.165, 1.54) is 0 Å². The van der Waals surface area contributed by atoms with Gasteiger partial charge in [-0.3, -0.25) is 9.69 Å². The smallest absolute Gasteiger partial charge is 0.241 e. The number of halogens is 1. The van der Waals surface area contributed by atoms with Gasteiger partial charge in [-0.15, -0.1) is 0 Å². The lowest BCUT2D eigenvalue weighted by Gasteiger charge is -2.19. The summed E-state index contributed by atoms with van der Waals surface area (Å²) in [6.07, 6.45) is 1.55. The van der Waals surface area contributed by atoms with Gasteiger partial charge in [-0.25, -0.2) is 4.98 Å². The van der Waals surface area contributed by atoms with Crippen molar-refractivity contribution in [3.05, 3.63) is 65.3 Å². The van der Waals surface area contributed by atoms with E-state index in [2.05, 4.69) is 9.72 Å². The molecule has 7 heteroatoms. The molecule has 29 heavy (non-hydrogen) atoms. The summed E-state index contributed by atoms with van der Waals surface area (Å²) >= 11 is 5.97. The summed E-state index contributed by atoms with van der Waals surface area (Å²) in [6, 6.07) is 17.3. The molecule has 0 radical (unpaired) electrons. The van der Waals surface area contributed by atoms with E-state index in [1.807, 2.05) is 59.5 Å². The van der Waals surface area contributed by atoms with Gasteiger partial charge in [-0.05, 0) is 49.2 Å². The Morgan fingerprint density at radius 1 is 1.07 bits per heavy atom. The molecule has 0 atom stereocenters. The van der Waals surface area contributed by atoms with Gasteiger partial charge in [0, 0.05) is 29.7 Å². The molecular weight excluding hydrogens is 388 g/mol. The number of anilines is 1. The first-order valence-electron chi connectivity index (χ1n) is 9.66. The standard InChI is InChI=1S/C22H17ClN4O2/c23-15-7-5-14(6-8-15)18-13-19(25-29-18)22(9-10-22)20(28)27-12-11-26-17-4-2-1-3-16(17)24-21(26)27/h1-8,13H,9-12H2. The van der Waals surface area contributed by atoms with E-state index < -0.39 is 5.41 Å². The first-order chi connectivity index (χ1) is 14.2. The lowest BCUT2D eigenvalue weighted by Crippen LogP contribution is -2.38. The second kappa shape index (κ2) is 5.94. The van der Waals surface area contributed by atoms with E-state index in [0.29, 0.717) is 23.0 Å². The minimum atomic E-state index is -0.610. The molecule has 1 aliphatic heterocycles. The van der Waals surface area contributed by atoms with Gasteiger partial charge in [0.15, 0.2) is 5.76 Å². The van der Waals surface area contributed by atoms with Gasteiger partial charge in [0.05, 0.1) is 22.1 Å². The topological polar surface area (TPSA) is 64.2 Å². The van der Waals surface area contributed by atoms with E-state index in [9.17, 15) is 4.79 Å². The molecule has 6 nitrogen and oxygen atoms in total. The highest BCUT2D eigenvalue weighted by Gasteiger charge is 2.56. The maximum Gasteiger partial charge on any atom is 0.241 e. The van der Waals surface area contributed by atoms with Gasteiger partial charge in [-0.1, -0.05) is 28.9 Å². The summed E-state index contributed by atoms with van der Waals surface area (Å²) in [6.45, 7) is 1.39. The molecule has 4 aromatic rings. The molecular formula is C22H17ClN4O2. The van der Waals surface area contributed by atoms with Crippen LogP contribution in [-0.4, -0.2) is 27.2 Å². The molecule has 2 aromatic carbocycles. The second-order valence-corrected chi connectivity index (χ2v) is 8.11. The van der Waals surface area contributed by atoms with Crippen molar-refractivity contribution in [3.63, 3.8) is 0 Å². The normalized spacial score (nSPS) is 16.9. The van der Waals surface area contributed by atoms with Crippen molar-refractivity contribution in [2.75, 3.05) is 11.4 Å². The van der Waals surface area contributed by atoms with E-state index in [4.69, 9.17) is 21.1 Å². The van der Waals surface area contributed by atoms with Gasteiger partial charge in [0.1, 0.15) is 0 Å². The van der Waals surface area contributed by atoms with Crippen LogP contribution in [0.15, 0.2) is 59.1 Å². The molecule has 0 saturated heterocycles. The fourth-order valence-electron chi connectivity index (χ4n) is 4.20. The van der Waals surface area contributed by atoms with Crippen LogP contribution in [0.1, 0.15) is 18.5 Å². The van der Waals surface area contributed by atoms with E-state index in [-0.39, 0.29) is 5.91 Å². The average molecular weight is 405 g/mol. The van der Waals surface area contributed by atoms with Crippen molar-refractivity contribution in [1.29, 1.82) is 0 Å². The third-order valence-corrected chi connectivity index (χ3v) is 6.21. The molecule has 2 aromatic heterocycles. The minimum absolute atomic E-state index is 0.0579. The lowest BCUT2D eigenvalue weighted by molar-refractivity contribution is -0.121. The molecule has 2 aliphatic rings.